The zero-order chi connectivity index (χ0) is 19.4. The molecule has 1 fully saturated rings. The van der Waals surface area contributed by atoms with Gasteiger partial charge in [0.15, 0.2) is 27.9 Å². The van der Waals surface area contributed by atoms with Gasteiger partial charge in [0.05, 0.1) is 25.2 Å². The predicted molar refractivity (Wildman–Crippen MR) is 99.5 cm³/mol. The fraction of sp³-hybridized carbons (Fsp3) is 0.421. The highest BCUT2D eigenvalue weighted by atomic mass is 32.2. The van der Waals surface area contributed by atoms with Crippen LogP contribution in [0, 0.1) is 6.92 Å². The van der Waals surface area contributed by atoms with Crippen LogP contribution >= 0.6 is 0 Å². The number of nitrogens with zero attached hydrogens (tertiary/aromatic N) is 1. The van der Waals surface area contributed by atoms with E-state index in [0.29, 0.717) is 23.7 Å². The van der Waals surface area contributed by atoms with E-state index in [1.54, 1.807) is 24.3 Å². The topological polar surface area (TPSA) is 86.1 Å². The summed E-state index contributed by atoms with van der Waals surface area (Å²) in [4.78, 5) is 14.4. The molecular formula is C19H23NO6S. The van der Waals surface area contributed by atoms with E-state index in [1.807, 2.05) is 19.1 Å². The maximum atomic E-state index is 12.8. The zero-order valence-corrected chi connectivity index (χ0v) is 16.2. The number of aryl methyl sites for hydroxylation is 1. The second-order valence-electron chi connectivity index (χ2n) is 6.53. The van der Waals surface area contributed by atoms with Gasteiger partial charge in [-0.1, -0.05) is 12.1 Å². The van der Waals surface area contributed by atoms with Crippen molar-refractivity contribution in [2.45, 2.75) is 25.9 Å². The Hall–Kier alpha value is -2.48. The summed E-state index contributed by atoms with van der Waals surface area (Å²) in [5.41, 5.74) is 0. The molecule has 2 heterocycles. The SMILES string of the molecule is COc1ccccc1OCC(=O)N(Cc1ccc(C)o1)[C@@H]1CCS(=O)(=O)C1. The second-order valence-corrected chi connectivity index (χ2v) is 8.76. The first-order valence-corrected chi connectivity index (χ1v) is 10.5. The molecule has 1 amide bonds. The molecule has 8 heteroatoms. The molecular weight excluding hydrogens is 370 g/mol. The van der Waals surface area contributed by atoms with Gasteiger partial charge < -0.3 is 18.8 Å². The van der Waals surface area contributed by atoms with E-state index in [2.05, 4.69) is 0 Å². The molecule has 0 unspecified atom stereocenters. The summed E-state index contributed by atoms with van der Waals surface area (Å²) in [6, 6.07) is 10.3. The molecule has 1 atom stereocenters. The van der Waals surface area contributed by atoms with Gasteiger partial charge in [0, 0.05) is 6.04 Å². The Morgan fingerprint density at radius 3 is 2.56 bits per heavy atom. The smallest absolute Gasteiger partial charge is 0.261 e. The minimum atomic E-state index is -3.12. The molecule has 0 saturated carbocycles. The Balaban J connectivity index is 1.74. The number of benzene rings is 1. The average molecular weight is 393 g/mol. The lowest BCUT2D eigenvalue weighted by atomic mass is 10.2. The van der Waals surface area contributed by atoms with Crippen LogP contribution in [0.4, 0.5) is 0 Å². The van der Waals surface area contributed by atoms with Crippen molar-refractivity contribution in [3.05, 3.63) is 47.9 Å². The van der Waals surface area contributed by atoms with Crippen molar-refractivity contribution in [3.63, 3.8) is 0 Å². The van der Waals surface area contributed by atoms with Crippen LogP contribution in [0.25, 0.3) is 0 Å². The molecule has 1 aromatic heterocycles. The van der Waals surface area contributed by atoms with Gasteiger partial charge in [-0.25, -0.2) is 8.42 Å². The van der Waals surface area contributed by atoms with E-state index < -0.39 is 9.84 Å². The van der Waals surface area contributed by atoms with Gasteiger partial charge in [-0.15, -0.1) is 0 Å². The number of sulfone groups is 1. The molecule has 0 radical (unpaired) electrons. The lowest BCUT2D eigenvalue weighted by Gasteiger charge is -2.27. The molecule has 2 aromatic rings. The van der Waals surface area contributed by atoms with Crippen molar-refractivity contribution < 1.29 is 27.1 Å². The van der Waals surface area contributed by atoms with Crippen LogP contribution in [0.15, 0.2) is 40.8 Å². The summed E-state index contributed by atoms with van der Waals surface area (Å²) in [5, 5.41) is 0. The third-order valence-electron chi connectivity index (χ3n) is 4.51. The van der Waals surface area contributed by atoms with E-state index >= 15 is 0 Å². The molecule has 1 saturated heterocycles. The predicted octanol–water partition coefficient (Wildman–Crippen LogP) is 2.19. The number of rotatable bonds is 7. The molecule has 0 aliphatic carbocycles. The summed E-state index contributed by atoms with van der Waals surface area (Å²) in [6.07, 6.45) is 0.419. The summed E-state index contributed by atoms with van der Waals surface area (Å²) < 4.78 is 40.2. The van der Waals surface area contributed by atoms with Gasteiger partial charge in [0.25, 0.3) is 5.91 Å². The highest BCUT2D eigenvalue weighted by molar-refractivity contribution is 7.91. The Bertz CT molecular complexity index is 904. The standard InChI is InChI=1S/C19H23NO6S/c1-14-7-8-16(26-14)11-20(15-9-10-27(22,23)13-15)19(21)12-25-18-6-4-3-5-17(18)24-2/h3-8,15H,9-13H2,1-2H3/t15-/m1/s1. The van der Waals surface area contributed by atoms with E-state index in [-0.39, 0.29) is 36.6 Å². The number of carbonyl (C=O) groups excluding carboxylic acids is 1. The van der Waals surface area contributed by atoms with E-state index in [4.69, 9.17) is 13.9 Å². The number of para-hydroxylation sites is 2. The first kappa shape index (κ1) is 19.3. The van der Waals surface area contributed by atoms with E-state index in [1.165, 1.54) is 12.0 Å². The van der Waals surface area contributed by atoms with Gasteiger partial charge in [-0.3, -0.25) is 4.79 Å². The summed E-state index contributed by atoms with van der Waals surface area (Å²) in [7, 11) is -1.60. The van der Waals surface area contributed by atoms with Crippen molar-refractivity contribution in [2.75, 3.05) is 25.2 Å². The number of ether oxygens (including phenoxy) is 2. The van der Waals surface area contributed by atoms with Crippen LogP contribution < -0.4 is 9.47 Å². The first-order chi connectivity index (χ1) is 12.9. The van der Waals surface area contributed by atoms with E-state index in [9.17, 15) is 13.2 Å². The lowest BCUT2D eigenvalue weighted by Crippen LogP contribution is -2.43. The highest BCUT2D eigenvalue weighted by Crippen LogP contribution is 2.26. The molecule has 146 valence electrons. The Labute approximate surface area is 158 Å². The number of furan rings is 1. The molecule has 0 N–H and O–H groups in total. The minimum Gasteiger partial charge on any atom is -0.493 e. The van der Waals surface area contributed by atoms with Crippen molar-refractivity contribution in [1.82, 2.24) is 4.90 Å². The van der Waals surface area contributed by atoms with Crippen LogP contribution in [0.2, 0.25) is 0 Å². The normalized spacial score (nSPS) is 18.2. The highest BCUT2D eigenvalue weighted by Gasteiger charge is 2.35. The monoisotopic (exact) mass is 393 g/mol. The van der Waals surface area contributed by atoms with Gasteiger partial charge in [-0.05, 0) is 37.6 Å². The van der Waals surface area contributed by atoms with E-state index in [0.717, 1.165) is 5.76 Å². The van der Waals surface area contributed by atoms with Gasteiger partial charge in [0.1, 0.15) is 11.5 Å². The van der Waals surface area contributed by atoms with Crippen LogP contribution in [0.1, 0.15) is 17.9 Å². The Morgan fingerprint density at radius 2 is 1.96 bits per heavy atom. The maximum absolute atomic E-state index is 12.8. The molecule has 1 aliphatic heterocycles. The molecule has 0 spiro atoms. The molecule has 1 aromatic carbocycles. The third-order valence-corrected chi connectivity index (χ3v) is 6.26. The van der Waals surface area contributed by atoms with Crippen molar-refractivity contribution in [1.29, 1.82) is 0 Å². The third kappa shape index (κ3) is 4.82. The summed E-state index contributed by atoms with van der Waals surface area (Å²) >= 11 is 0. The first-order valence-electron chi connectivity index (χ1n) is 8.69. The number of amides is 1. The van der Waals surface area contributed by atoms with Gasteiger partial charge in [-0.2, -0.15) is 0 Å². The second kappa shape index (κ2) is 8.04. The number of methoxy groups -OCH3 is 1. The number of hydrogen-bond acceptors (Lipinski definition) is 6. The number of carbonyl (C=O) groups is 1. The summed E-state index contributed by atoms with van der Waals surface area (Å²) in [5.74, 6) is 2.10. The van der Waals surface area contributed by atoms with Crippen molar-refractivity contribution in [2.24, 2.45) is 0 Å². The Morgan fingerprint density at radius 1 is 1.22 bits per heavy atom. The van der Waals surface area contributed by atoms with Gasteiger partial charge >= 0.3 is 0 Å². The maximum Gasteiger partial charge on any atom is 0.261 e. The summed E-state index contributed by atoms with van der Waals surface area (Å²) in [6.45, 7) is 1.82. The zero-order valence-electron chi connectivity index (χ0n) is 15.4. The largest absolute Gasteiger partial charge is 0.493 e. The molecule has 27 heavy (non-hydrogen) atoms. The molecule has 7 nitrogen and oxygen atoms in total. The fourth-order valence-electron chi connectivity index (χ4n) is 3.14. The molecule has 1 aliphatic rings. The Kier molecular flexibility index (Phi) is 5.74. The van der Waals surface area contributed by atoms with Crippen LogP contribution in [-0.2, 0) is 21.2 Å². The van der Waals surface area contributed by atoms with Crippen LogP contribution in [-0.4, -0.2) is 50.5 Å². The van der Waals surface area contributed by atoms with Crippen molar-refractivity contribution in [3.8, 4) is 11.5 Å². The molecule has 0 bridgehead atoms. The lowest BCUT2D eigenvalue weighted by molar-refractivity contribution is -0.136. The van der Waals surface area contributed by atoms with Crippen molar-refractivity contribution >= 4 is 15.7 Å². The molecule has 3 rings (SSSR count). The van der Waals surface area contributed by atoms with Gasteiger partial charge in [0.2, 0.25) is 0 Å². The average Bonchev–Trinajstić information content (AvgIpc) is 3.22. The quantitative estimate of drug-likeness (QED) is 0.717. The minimum absolute atomic E-state index is 0.0346. The van der Waals surface area contributed by atoms with Crippen LogP contribution in [0.3, 0.4) is 0 Å². The fourth-order valence-corrected chi connectivity index (χ4v) is 4.87. The number of hydrogen-bond donors (Lipinski definition) is 0. The van der Waals surface area contributed by atoms with Crippen LogP contribution in [0.5, 0.6) is 11.5 Å².